The number of tetrazole rings is 1. The minimum absolute atomic E-state index is 0.00184. The van der Waals surface area contributed by atoms with Gasteiger partial charge in [0, 0.05) is 10.3 Å². The second kappa shape index (κ2) is 8.93. The Morgan fingerprint density at radius 3 is 2.86 bits per heavy atom. The lowest BCUT2D eigenvalue weighted by Crippen LogP contribution is -2.27. The average Bonchev–Trinajstić information content (AvgIpc) is 3.47. The molecule has 0 aliphatic heterocycles. The number of amides is 1. The van der Waals surface area contributed by atoms with E-state index in [0.29, 0.717) is 12.4 Å². The third-order valence-electron chi connectivity index (χ3n) is 3.88. The highest BCUT2D eigenvalue weighted by molar-refractivity contribution is 7.16. The number of thiophene rings is 1. The summed E-state index contributed by atoms with van der Waals surface area (Å²) < 4.78 is 5.57. The van der Waals surface area contributed by atoms with Crippen LogP contribution in [0.5, 0.6) is 5.75 Å². The van der Waals surface area contributed by atoms with Crippen molar-refractivity contribution in [2.75, 3.05) is 0 Å². The van der Waals surface area contributed by atoms with Crippen molar-refractivity contribution < 1.29 is 9.53 Å². The molecule has 148 valence electrons. The van der Waals surface area contributed by atoms with Crippen molar-refractivity contribution in [2.45, 2.75) is 26.6 Å². The van der Waals surface area contributed by atoms with Gasteiger partial charge in [0.2, 0.25) is 11.7 Å². The van der Waals surface area contributed by atoms with Crippen molar-refractivity contribution in [3.05, 3.63) is 63.6 Å². The fraction of sp³-hybridized carbons (Fsp3) is 0.211. The quantitative estimate of drug-likeness (QED) is 0.465. The lowest BCUT2D eigenvalue weighted by atomic mass is 10.3. The first kappa shape index (κ1) is 19.2. The molecule has 0 fully saturated rings. The van der Waals surface area contributed by atoms with Crippen LogP contribution in [0.1, 0.15) is 15.7 Å². The summed E-state index contributed by atoms with van der Waals surface area (Å²) in [7, 11) is 0. The van der Waals surface area contributed by atoms with E-state index in [1.807, 2.05) is 54.8 Å². The van der Waals surface area contributed by atoms with Crippen molar-refractivity contribution in [3.63, 3.8) is 0 Å². The first-order chi connectivity index (χ1) is 14.2. The Morgan fingerprint density at radius 1 is 1.21 bits per heavy atom. The highest BCUT2D eigenvalue weighted by Gasteiger charge is 2.10. The minimum atomic E-state index is -0.183. The van der Waals surface area contributed by atoms with E-state index in [1.54, 1.807) is 22.7 Å². The van der Waals surface area contributed by atoms with E-state index in [9.17, 15) is 4.79 Å². The number of carbonyl (C=O) groups excluding carboxylic acids is 1. The standard InChI is InChI=1S/C19H18N6O2S2/c1-13-21-16(12-28-13)17-8-7-15(29-17)9-20-19(26)10-25-23-18(22-24-25)11-27-14-5-3-2-4-6-14/h2-8,12H,9-11H2,1H3,(H,20,26). The van der Waals surface area contributed by atoms with Crippen LogP contribution in [0.2, 0.25) is 0 Å². The Hall–Kier alpha value is -3.11. The molecule has 0 bridgehead atoms. The number of para-hydroxylation sites is 1. The molecule has 0 atom stereocenters. The van der Waals surface area contributed by atoms with Crippen LogP contribution in [0.4, 0.5) is 0 Å². The van der Waals surface area contributed by atoms with Crippen LogP contribution in [0, 0.1) is 6.92 Å². The van der Waals surface area contributed by atoms with Crippen molar-refractivity contribution >= 4 is 28.6 Å². The van der Waals surface area contributed by atoms with Gasteiger partial charge in [-0.25, -0.2) is 4.98 Å². The first-order valence-corrected chi connectivity index (χ1v) is 10.6. The van der Waals surface area contributed by atoms with E-state index in [4.69, 9.17) is 4.74 Å². The summed E-state index contributed by atoms with van der Waals surface area (Å²) in [5.74, 6) is 0.963. The summed E-state index contributed by atoms with van der Waals surface area (Å²) in [6, 6.07) is 13.4. The summed E-state index contributed by atoms with van der Waals surface area (Å²) in [6.45, 7) is 2.63. The second-order valence-corrected chi connectivity index (χ2v) is 8.36. The highest BCUT2D eigenvalue weighted by atomic mass is 32.1. The topological polar surface area (TPSA) is 94.8 Å². The summed E-state index contributed by atoms with van der Waals surface area (Å²) in [6.07, 6.45) is 0. The predicted molar refractivity (Wildman–Crippen MR) is 111 cm³/mol. The molecular formula is C19H18N6O2S2. The lowest BCUT2D eigenvalue weighted by molar-refractivity contribution is -0.122. The minimum Gasteiger partial charge on any atom is -0.485 e. The van der Waals surface area contributed by atoms with Gasteiger partial charge < -0.3 is 10.1 Å². The normalized spacial score (nSPS) is 10.8. The molecule has 10 heteroatoms. The number of ether oxygens (including phenoxy) is 1. The number of hydrogen-bond donors (Lipinski definition) is 1. The Kier molecular flexibility index (Phi) is 5.92. The first-order valence-electron chi connectivity index (χ1n) is 8.88. The summed E-state index contributed by atoms with van der Waals surface area (Å²) in [5, 5.41) is 17.9. The fourth-order valence-electron chi connectivity index (χ4n) is 2.52. The van der Waals surface area contributed by atoms with Gasteiger partial charge in [-0.05, 0) is 36.4 Å². The molecule has 3 heterocycles. The van der Waals surface area contributed by atoms with Crippen LogP contribution in [-0.4, -0.2) is 31.1 Å². The van der Waals surface area contributed by atoms with Crippen LogP contribution < -0.4 is 10.1 Å². The smallest absolute Gasteiger partial charge is 0.243 e. The second-order valence-electron chi connectivity index (χ2n) is 6.13. The number of benzene rings is 1. The largest absolute Gasteiger partial charge is 0.485 e. The van der Waals surface area contributed by atoms with Gasteiger partial charge >= 0.3 is 0 Å². The monoisotopic (exact) mass is 426 g/mol. The zero-order chi connectivity index (χ0) is 20.1. The maximum Gasteiger partial charge on any atom is 0.243 e. The van der Waals surface area contributed by atoms with Crippen molar-refractivity contribution in [3.8, 4) is 16.3 Å². The van der Waals surface area contributed by atoms with Gasteiger partial charge in [0.1, 0.15) is 12.3 Å². The van der Waals surface area contributed by atoms with E-state index >= 15 is 0 Å². The van der Waals surface area contributed by atoms with Gasteiger partial charge in [0.15, 0.2) is 6.61 Å². The molecule has 0 aliphatic carbocycles. The zero-order valence-corrected chi connectivity index (χ0v) is 17.2. The van der Waals surface area contributed by atoms with E-state index in [-0.39, 0.29) is 19.1 Å². The van der Waals surface area contributed by atoms with E-state index in [2.05, 4.69) is 25.7 Å². The van der Waals surface area contributed by atoms with Crippen molar-refractivity contribution in [2.24, 2.45) is 0 Å². The molecular weight excluding hydrogens is 408 g/mol. The third kappa shape index (κ3) is 5.24. The molecule has 0 saturated heterocycles. The van der Waals surface area contributed by atoms with E-state index < -0.39 is 0 Å². The van der Waals surface area contributed by atoms with Gasteiger partial charge in [-0.3, -0.25) is 4.79 Å². The third-order valence-corrected chi connectivity index (χ3v) is 5.76. The summed E-state index contributed by atoms with van der Waals surface area (Å²) in [4.78, 5) is 20.1. The number of hydrogen-bond acceptors (Lipinski definition) is 8. The van der Waals surface area contributed by atoms with Crippen LogP contribution in [0.3, 0.4) is 0 Å². The molecule has 1 N–H and O–H groups in total. The van der Waals surface area contributed by atoms with Gasteiger partial charge in [-0.2, -0.15) is 4.80 Å². The molecule has 0 saturated carbocycles. The molecule has 4 rings (SSSR count). The molecule has 0 unspecified atom stereocenters. The van der Waals surface area contributed by atoms with Crippen LogP contribution in [0.25, 0.3) is 10.6 Å². The molecule has 0 spiro atoms. The maximum absolute atomic E-state index is 12.2. The predicted octanol–water partition coefficient (Wildman–Crippen LogP) is 3.06. The Bertz CT molecular complexity index is 1090. The van der Waals surface area contributed by atoms with Crippen LogP contribution in [0.15, 0.2) is 47.8 Å². The number of thiazole rings is 1. The molecule has 4 aromatic rings. The van der Waals surface area contributed by atoms with E-state index in [1.165, 1.54) is 4.80 Å². The maximum atomic E-state index is 12.2. The average molecular weight is 427 g/mol. The Labute approximate surface area is 175 Å². The van der Waals surface area contributed by atoms with Crippen molar-refractivity contribution in [1.29, 1.82) is 0 Å². The molecule has 1 amide bonds. The number of rotatable bonds is 8. The molecule has 3 aromatic heterocycles. The number of nitrogens with one attached hydrogen (secondary N) is 1. The van der Waals surface area contributed by atoms with Gasteiger partial charge in [-0.1, -0.05) is 18.2 Å². The Morgan fingerprint density at radius 2 is 2.07 bits per heavy atom. The number of carbonyl (C=O) groups is 1. The number of aromatic nitrogens is 5. The van der Waals surface area contributed by atoms with Gasteiger partial charge in [-0.15, -0.1) is 32.9 Å². The van der Waals surface area contributed by atoms with E-state index in [0.717, 1.165) is 26.2 Å². The highest BCUT2D eigenvalue weighted by Crippen LogP contribution is 2.28. The van der Waals surface area contributed by atoms with Gasteiger partial charge in [0.25, 0.3) is 0 Å². The number of aryl methyl sites for hydroxylation is 1. The number of nitrogens with zero attached hydrogens (tertiary/aromatic N) is 5. The fourth-order valence-corrected chi connectivity index (χ4v) is 4.12. The van der Waals surface area contributed by atoms with Crippen molar-refractivity contribution in [1.82, 2.24) is 30.5 Å². The zero-order valence-electron chi connectivity index (χ0n) is 15.6. The summed E-state index contributed by atoms with van der Waals surface area (Å²) >= 11 is 3.25. The molecule has 29 heavy (non-hydrogen) atoms. The molecule has 0 aliphatic rings. The molecule has 1 aromatic carbocycles. The van der Waals surface area contributed by atoms with Crippen LogP contribution >= 0.6 is 22.7 Å². The molecule has 0 radical (unpaired) electrons. The lowest BCUT2D eigenvalue weighted by Gasteiger charge is -2.03. The van der Waals surface area contributed by atoms with Crippen LogP contribution in [-0.2, 0) is 24.5 Å². The van der Waals surface area contributed by atoms with Gasteiger partial charge in [0.05, 0.1) is 22.1 Å². The SMILES string of the molecule is Cc1nc(-c2ccc(CNC(=O)Cn3nnc(COc4ccccc4)n3)s2)cs1. The Balaban J connectivity index is 1.25. The molecule has 8 nitrogen and oxygen atoms in total. The summed E-state index contributed by atoms with van der Waals surface area (Å²) in [5.41, 5.74) is 0.979.